The van der Waals surface area contributed by atoms with Crippen LogP contribution in [0.25, 0.3) is 0 Å². The van der Waals surface area contributed by atoms with Gasteiger partial charge in [0.1, 0.15) is 12.4 Å². The highest BCUT2D eigenvalue weighted by Crippen LogP contribution is 2.10. The van der Waals surface area contributed by atoms with Gasteiger partial charge in [0.05, 0.1) is 13.1 Å². The van der Waals surface area contributed by atoms with Crippen LogP contribution in [0.15, 0.2) is 12.4 Å². The van der Waals surface area contributed by atoms with E-state index in [0.717, 1.165) is 6.54 Å². The van der Waals surface area contributed by atoms with Gasteiger partial charge in [0.25, 0.3) is 5.82 Å². The molecule has 24 heavy (non-hydrogen) atoms. The molecule has 0 spiro atoms. The van der Waals surface area contributed by atoms with E-state index in [1.165, 1.54) is 96.4 Å². The molecule has 140 valence electrons. The highest BCUT2D eigenvalue weighted by Gasteiger charge is 2.15. The molecular formula is C22H43N2+. The fraction of sp³-hybridized carbons (Fsp3) is 0.864. The van der Waals surface area contributed by atoms with Crippen molar-refractivity contribution in [1.29, 1.82) is 0 Å². The van der Waals surface area contributed by atoms with Crippen LogP contribution < -0.4 is 4.57 Å². The summed E-state index contributed by atoms with van der Waals surface area (Å²) in [7, 11) is 0. The van der Waals surface area contributed by atoms with E-state index in [9.17, 15) is 0 Å². The number of aromatic nitrogens is 2. The lowest BCUT2D eigenvalue weighted by Gasteiger charge is -2.05. The van der Waals surface area contributed by atoms with Crippen LogP contribution in [-0.4, -0.2) is 4.57 Å². The molecule has 0 bridgehead atoms. The zero-order valence-electron chi connectivity index (χ0n) is 16.9. The summed E-state index contributed by atoms with van der Waals surface area (Å²) in [4.78, 5) is 0. The Kier molecular flexibility index (Phi) is 12.9. The summed E-state index contributed by atoms with van der Waals surface area (Å²) in [6.07, 6.45) is 24.0. The molecule has 0 saturated heterocycles. The Morgan fingerprint density at radius 2 is 1.25 bits per heavy atom. The van der Waals surface area contributed by atoms with Crippen molar-refractivity contribution < 1.29 is 4.57 Å². The molecule has 0 atom stereocenters. The van der Waals surface area contributed by atoms with Gasteiger partial charge < -0.3 is 0 Å². The average molecular weight is 336 g/mol. The van der Waals surface area contributed by atoms with Crippen molar-refractivity contribution in [3.63, 3.8) is 0 Å². The van der Waals surface area contributed by atoms with E-state index in [2.05, 4.69) is 42.3 Å². The maximum absolute atomic E-state index is 2.53. The molecule has 2 nitrogen and oxygen atoms in total. The monoisotopic (exact) mass is 335 g/mol. The summed E-state index contributed by atoms with van der Waals surface area (Å²) in [5, 5.41) is 0. The largest absolute Gasteiger partial charge is 0.256 e. The Morgan fingerprint density at radius 1 is 0.708 bits per heavy atom. The molecule has 2 heteroatoms. The molecule has 1 heterocycles. The summed E-state index contributed by atoms with van der Waals surface area (Å²) in [5.41, 5.74) is 0. The molecule has 0 fully saturated rings. The van der Waals surface area contributed by atoms with Crippen LogP contribution in [0.3, 0.4) is 0 Å². The predicted molar refractivity (Wildman–Crippen MR) is 105 cm³/mol. The van der Waals surface area contributed by atoms with Gasteiger partial charge in [-0.1, -0.05) is 78.1 Å². The fourth-order valence-electron chi connectivity index (χ4n) is 3.58. The summed E-state index contributed by atoms with van der Waals surface area (Å²) in [5.74, 6) is 1.56. The minimum Gasteiger partial charge on any atom is -0.235 e. The molecule has 1 aromatic heterocycles. The summed E-state index contributed by atoms with van der Waals surface area (Å²) >= 11 is 0. The lowest BCUT2D eigenvalue weighted by molar-refractivity contribution is -0.704. The van der Waals surface area contributed by atoms with Gasteiger partial charge in [0.2, 0.25) is 0 Å². The molecule has 0 aliphatic carbocycles. The number of hydrogen-bond acceptors (Lipinski definition) is 0. The minimum atomic E-state index is 1.11. The summed E-state index contributed by atoms with van der Waals surface area (Å²) in [6.45, 7) is 9.17. The van der Waals surface area contributed by atoms with Crippen LogP contribution in [0.5, 0.6) is 0 Å². The lowest BCUT2D eigenvalue weighted by atomic mass is 10.1. The number of hydrogen-bond donors (Lipinski definition) is 0. The second-order valence-electron chi connectivity index (χ2n) is 7.33. The first-order valence-electron chi connectivity index (χ1n) is 10.9. The molecule has 0 amide bonds. The predicted octanol–water partition coefficient (Wildman–Crippen LogP) is 6.45. The standard InChI is InChI=1S/C22H43N2/c1-4-7-9-11-13-14-16-18-22-23(6-3)20-21-24(22)19-17-15-12-10-8-5-2/h20-21H,4-19H2,1-3H3/q+1. The van der Waals surface area contributed by atoms with Gasteiger partial charge in [-0.05, 0) is 26.2 Å². The van der Waals surface area contributed by atoms with Crippen LogP contribution in [0.1, 0.15) is 110 Å². The SMILES string of the molecule is CCCCCCCCCc1n(CC)cc[n+]1CCCCCCCC. The maximum Gasteiger partial charge on any atom is 0.256 e. The summed E-state index contributed by atoms with van der Waals surface area (Å²) < 4.78 is 4.98. The smallest absolute Gasteiger partial charge is 0.235 e. The summed E-state index contributed by atoms with van der Waals surface area (Å²) in [6, 6.07) is 0. The van der Waals surface area contributed by atoms with E-state index in [0.29, 0.717) is 0 Å². The first-order chi connectivity index (χ1) is 11.8. The fourth-order valence-corrected chi connectivity index (χ4v) is 3.58. The Labute approximate surface area is 151 Å². The van der Waals surface area contributed by atoms with Gasteiger partial charge in [0, 0.05) is 6.42 Å². The topological polar surface area (TPSA) is 8.81 Å². The molecule has 0 aliphatic rings. The number of aryl methyl sites for hydroxylation is 2. The zero-order valence-corrected chi connectivity index (χ0v) is 16.9. The zero-order chi connectivity index (χ0) is 17.5. The van der Waals surface area contributed by atoms with Crippen molar-refractivity contribution in [2.24, 2.45) is 0 Å². The second-order valence-corrected chi connectivity index (χ2v) is 7.33. The van der Waals surface area contributed by atoms with Gasteiger partial charge in [-0.15, -0.1) is 0 Å². The maximum atomic E-state index is 2.53. The van der Waals surface area contributed by atoms with Crippen LogP contribution in [0.2, 0.25) is 0 Å². The third kappa shape index (κ3) is 8.89. The first-order valence-corrected chi connectivity index (χ1v) is 10.9. The molecule has 0 aromatic carbocycles. The Hall–Kier alpha value is -0.790. The third-order valence-corrected chi connectivity index (χ3v) is 5.19. The van der Waals surface area contributed by atoms with E-state index < -0.39 is 0 Å². The van der Waals surface area contributed by atoms with E-state index in [-0.39, 0.29) is 0 Å². The van der Waals surface area contributed by atoms with Gasteiger partial charge in [0.15, 0.2) is 0 Å². The number of imidazole rings is 1. The second kappa shape index (κ2) is 14.5. The minimum absolute atomic E-state index is 1.11. The first kappa shape index (κ1) is 21.3. The Morgan fingerprint density at radius 3 is 1.83 bits per heavy atom. The highest BCUT2D eigenvalue weighted by atomic mass is 15.1. The van der Waals surface area contributed by atoms with Crippen molar-refractivity contribution in [2.75, 3.05) is 0 Å². The quantitative estimate of drug-likeness (QED) is 0.242. The normalized spacial score (nSPS) is 11.3. The van der Waals surface area contributed by atoms with Gasteiger partial charge in [-0.3, -0.25) is 0 Å². The molecule has 0 unspecified atom stereocenters. The number of unbranched alkanes of at least 4 members (excludes halogenated alkanes) is 11. The van der Waals surface area contributed by atoms with E-state index >= 15 is 0 Å². The number of rotatable bonds is 16. The third-order valence-electron chi connectivity index (χ3n) is 5.19. The van der Waals surface area contributed by atoms with Gasteiger partial charge >= 0.3 is 0 Å². The molecule has 0 radical (unpaired) electrons. The highest BCUT2D eigenvalue weighted by molar-refractivity contribution is 4.83. The Balaban J connectivity index is 2.27. The van der Waals surface area contributed by atoms with Gasteiger partial charge in [-0.2, -0.15) is 0 Å². The van der Waals surface area contributed by atoms with Crippen molar-refractivity contribution >= 4 is 0 Å². The molecule has 0 aliphatic heterocycles. The van der Waals surface area contributed by atoms with E-state index in [1.54, 1.807) is 5.82 Å². The van der Waals surface area contributed by atoms with E-state index in [1.807, 2.05) is 0 Å². The Bertz CT molecular complexity index is 395. The molecule has 0 saturated carbocycles. The van der Waals surface area contributed by atoms with Crippen LogP contribution in [0.4, 0.5) is 0 Å². The van der Waals surface area contributed by atoms with Gasteiger partial charge in [-0.25, -0.2) is 9.13 Å². The van der Waals surface area contributed by atoms with Crippen molar-refractivity contribution in [3.8, 4) is 0 Å². The average Bonchev–Trinajstić information content (AvgIpc) is 2.99. The van der Waals surface area contributed by atoms with E-state index in [4.69, 9.17) is 0 Å². The van der Waals surface area contributed by atoms with Crippen LogP contribution >= 0.6 is 0 Å². The molecule has 0 N–H and O–H groups in total. The lowest BCUT2D eigenvalue weighted by Crippen LogP contribution is -2.37. The van der Waals surface area contributed by atoms with Crippen LogP contribution in [-0.2, 0) is 19.5 Å². The van der Waals surface area contributed by atoms with Crippen LogP contribution in [0, 0.1) is 0 Å². The van der Waals surface area contributed by atoms with Crippen molar-refractivity contribution in [1.82, 2.24) is 4.57 Å². The van der Waals surface area contributed by atoms with Crippen molar-refractivity contribution in [3.05, 3.63) is 18.2 Å². The molecule has 1 aromatic rings. The molecule has 1 rings (SSSR count). The number of nitrogens with zero attached hydrogens (tertiary/aromatic N) is 2. The molecular weight excluding hydrogens is 292 g/mol. The van der Waals surface area contributed by atoms with Crippen molar-refractivity contribution in [2.45, 2.75) is 124 Å².